The zero-order valence-corrected chi connectivity index (χ0v) is 10.9. The van der Waals surface area contributed by atoms with Crippen LogP contribution >= 0.6 is 0 Å². The highest BCUT2D eigenvalue weighted by molar-refractivity contribution is 5.80. The molecule has 2 aromatic rings. The molecule has 18 heavy (non-hydrogen) atoms. The second-order valence-corrected chi connectivity index (χ2v) is 5.17. The van der Waals surface area contributed by atoms with Crippen LogP contribution in [0.2, 0.25) is 0 Å². The Labute approximate surface area is 108 Å². The summed E-state index contributed by atoms with van der Waals surface area (Å²) in [6.45, 7) is 6.51. The molecule has 94 valence electrons. The lowest BCUT2D eigenvalue weighted by molar-refractivity contribution is 0.423. The normalized spacial score (nSPS) is 24.4. The number of para-hydroxylation sites is 1. The summed E-state index contributed by atoms with van der Waals surface area (Å²) >= 11 is 0. The zero-order chi connectivity index (χ0) is 12.5. The van der Waals surface area contributed by atoms with Crippen LogP contribution in [0.3, 0.4) is 0 Å². The maximum atomic E-state index is 4.78. The van der Waals surface area contributed by atoms with Crippen LogP contribution in [0.15, 0.2) is 36.4 Å². The number of rotatable bonds is 1. The van der Waals surface area contributed by atoms with Gasteiger partial charge in [0.15, 0.2) is 0 Å². The van der Waals surface area contributed by atoms with Gasteiger partial charge in [-0.2, -0.15) is 0 Å². The molecule has 1 fully saturated rings. The molecule has 2 atom stereocenters. The highest BCUT2D eigenvalue weighted by Gasteiger charge is 2.23. The maximum Gasteiger partial charge on any atom is 0.129 e. The van der Waals surface area contributed by atoms with E-state index in [4.69, 9.17) is 4.98 Å². The van der Waals surface area contributed by atoms with Crippen molar-refractivity contribution < 1.29 is 0 Å². The second-order valence-electron chi connectivity index (χ2n) is 5.17. The fourth-order valence-corrected chi connectivity index (χ4v) is 2.56. The molecule has 3 nitrogen and oxygen atoms in total. The molecule has 0 saturated carbocycles. The summed E-state index contributed by atoms with van der Waals surface area (Å²) in [7, 11) is 0. The lowest BCUT2D eigenvalue weighted by Gasteiger charge is -2.38. The molecule has 1 N–H and O–H groups in total. The SMILES string of the molecule is C[C@@H]1CN(c2ccc3ccccc3n2)[C@@H](C)CN1. The summed E-state index contributed by atoms with van der Waals surface area (Å²) in [4.78, 5) is 7.18. The van der Waals surface area contributed by atoms with E-state index >= 15 is 0 Å². The van der Waals surface area contributed by atoms with Crippen LogP contribution in [0.4, 0.5) is 5.82 Å². The lowest BCUT2D eigenvalue weighted by atomic mass is 10.1. The number of piperazine rings is 1. The number of benzene rings is 1. The standard InChI is InChI=1S/C15H19N3/c1-11-10-18(12(2)9-16-11)15-8-7-13-5-3-4-6-14(13)17-15/h3-8,11-12,16H,9-10H2,1-2H3/t11-,12+/m1/s1. The van der Waals surface area contributed by atoms with Gasteiger partial charge < -0.3 is 10.2 Å². The van der Waals surface area contributed by atoms with Crippen molar-refractivity contribution in [2.75, 3.05) is 18.0 Å². The van der Waals surface area contributed by atoms with Crippen molar-refractivity contribution in [3.8, 4) is 0 Å². The maximum absolute atomic E-state index is 4.78. The number of fused-ring (bicyclic) bond motifs is 1. The summed E-state index contributed by atoms with van der Waals surface area (Å²) < 4.78 is 0. The van der Waals surface area contributed by atoms with E-state index in [0.717, 1.165) is 24.4 Å². The third-order valence-corrected chi connectivity index (χ3v) is 3.64. The highest BCUT2D eigenvalue weighted by atomic mass is 15.3. The van der Waals surface area contributed by atoms with Gasteiger partial charge in [-0.15, -0.1) is 0 Å². The van der Waals surface area contributed by atoms with Gasteiger partial charge in [-0.3, -0.25) is 0 Å². The molecule has 0 aliphatic carbocycles. The molecule has 3 rings (SSSR count). The number of nitrogens with zero attached hydrogens (tertiary/aromatic N) is 2. The van der Waals surface area contributed by atoms with Crippen LogP contribution < -0.4 is 10.2 Å². The molecule has 0 unspecified atom stereocenters. The summed E-state index contributed by atoms with van der Waals surface area (Å²) in [5, 5.41) is 4.70. The lowest BCUT2D eigenvalue weighted by Crippen LogP contribution is -2.54. The molecule has 0 bridgehead atoms. The number of hydrogen-bond acceptors (Lipinski definition) is 3. The van der Waals surface area contributed by atoms with Gasteiger partial charge in [-0.1, -0.05) is 18.2 Å². The van der Waals surface area contributed by atoms with Crippen LogP contribution in [0, 0.1) is 0 Å². The van der Waals surface area contributed by atoms with Gasteiger partial charge in [0.2, 0.25) is 0 Å². The van der Waals surface area contributed by atoms with Gasteiger partial charge in [0.05, 0.1) is 5.52 Å². The minimum absolute atomic E-state index is 0.495. The van der Waals surface area contributed by atoms with Crippen molar-refractivity contribution in [3.63, 3.8) is 0 Å². The van der Waals surface area contributed by atoms with Crippen molar-refractivity contribution in [2.45, 2.75) is 25.9 Å². The average Bonchev–Trinajstić information content (AvgIpc) is 2.41. The van der Waals surface area contributed by atoms with Gasteiger partial charge in [0.25, 0.3) is 0 Å². The summed E-state index contributed by atoms with van der Waals surface area (Å²) in [6.07, 6.45) is 0. The Bertz CT molecular complexity index is 552. The molecule has 1 aromatic carbocycles. The monoisotopic (exact) mass is 241 g/mol. The molecule has 0 spiro atoms. The van der Waals surface area contributed by atoms with E-state index in [1.807, 2.05) is 6.07 Å². The Hall–Kier alpha value is -1.61. The smallest absolute Gasteiger partial charge is 0.129 e. The minimum Gasteiger partial charge on any atom is -0.351 e. The molecule has 0 amide bonds. The fraction of sp³-hybridized carbons (Fsp3) is 0.400. The zero-order valence-electron chi connectivity index (χ0n) is 10.9. The van der Waals surface area contributed by atoms with Crippen molar-refractivity contribution in [2.24, 2.45) is 0 Å². The van der Waals surface area contributed by atoms with Crippen molar-refractivity contribution in [3.05, 3.63) is 36.4 Å². The first kappa shape index (κ1) is 11.5. The fourth-order valence-electron chi connectivity index (χ4n) is 2.56. The largest absolute Gasteiger partial charge is 0.351 e. The molecule has 2 heterocycles. The summed E-state index contributed by atoms with van der Waals surface area (Å²) in [5.74, 6) is 1.09. The molecule has 1 aliphatic heterocycles. The van der Waals surface area contributed by atoms with E-state index in [-0.39, 0.29) is 0 Å². The van der Waals surface area contributed by atoms with E-state index in [1.165, 1.54) is 5.39 Å². The van der Waals surface area contributed by atoms with Crippen molar-refractivity contribution in [1.82, 2.24) is 10.3 Å². The van der Waals surface area contributed by atoms with Crippen LogP contribution in [-0.4, -0.2) is 30.2 Å². The predicted octanol–water partition coefficient (Wildman–Crippen LogP) is 2.42. The van der Waals surface area contributed by atoms with Crippen LogP contribution in [0.5, 0.6) is 0 Å². The van der Waals surface area contributed by atoms with Gasteiger partial charge in [0.1, 0.15) is 5.82 Å². The van der Waals surface area contributed by atoms with E-state index in [2.05, 4.69) is 54.4 Å². The Morgan fingerprint density at radius 3 is 2.89 bits per heavy atom. The minimum atomic E-state index is 0.495. The first-order valence-electron chi connectivity index (χ1n) is 6.60. The van der Waals surface area contributed by atoms with Crippen LogP contribution in [0.1, 0.15) is 13.8 Å². The molecule has 1 aliphatic rings. The Morgan fingerprint density at radius 2 is 2.00 bits per heavy atom. The number of hydrogen-bond donors (Lipinski definition) is 1. The van der Waals surface area contributed by atoms with Crippen LogP contribution in [0.25, 0.3) is 10.9 Å². The quantitative estimate of drug-likeness (QED) is 0.831. The summed E-state index contributed by atoms with van der Waals surface area (Å²) in [5.41, 5.74) is 1.08. The van der Waals surface area contributed by atoms with Gasteiger partial charge in [-0.05, 0) is 32.0 Å². The van der Waals surface area contributed by atoms with Gasteiger partial charge >= 0.3 is 0 Å². The Kier molecular flexibility index (Phi) is 2.92. The van der Waals surface area contributed by atoms with Gasteiger partial charge in [0, 0.05) is 30.6 Å². The predicted molar refractivity (Wildman–Crippen MR) is 76.0 cm³/mol. The number of pyridine rings is 1. The number of aromatic nitrogens is 1. The molecular weight excluding hydrogens is 222 g/mol. The third kappa shape index (κ3) is 2.06. The van der Waals surface area contributed by atoms with E-state index in [0.29, 0.717) is 12.1 Å². The molecule has 1 aromatic heterocycles. The van der Waals surface area contributed by atoms with Crippen LogP contribution in [-0.2, 0) is 0 Å². The Balaban J connectivity index is 1.97. The highest BCUT2D eigenvalue weighted by Crippen LogP contribution is 2.21. The first-order valence-corrected chi connectivity index (χ1v) is 6.60. The van der Waals surface area contributed by atoms with Crippen molar-refractivity contribution >= 4 is 16.7 Å². The van der Waals surface area contributed by atoms with E-state index in [1.54, 1.807) is 0 Å². The summed E-state index contributed by atoms with van der Waals surface area (Å²) in [6, 6.07) is 13.6. The van der Waals surface area contributed by atoms with Gasteiger partial charge in [-0.25, -0.2) is 4.98 Å². The van der Waals surface area contributed by atoms with E-state index < -0.39 is 0 Å². The molecular formula is C15H19N3. The van der Waals surface area contributed by atoms with E-state index in [9.17, 15) is 0 Å². The topological polar surface area (TPSA) is 28.2 Å². The average molecular weight is 241 g/mol. The Morgan fingerprint density at radius 1 is 1.17 bits per heavy atom. The number of nitrogens with one attached hydrogen (secondary N) is 1. The second kappa shape index (κ2) is 4.58. The molecule has 1 saturated heterocycles. The first-order chi connectivity index (χ1) is 8.74. The number of anilines is 1. The molecule has 0 radical (unpaired) electrons. The molecule has 3 heteroatoms. The third-order valence-electron chi connectivity index (χ3n) is 3.64. The van der Waals surface area contributed by atoms with Crippen molar-refractivity contribution in [1.29, 1.82) is 0 Å².